The lowest BCUT2D eigenvalue weighted by molar-refractivity contribution is -0.117. The number of rotatable bonds is 4. The van der Waals surface area contributed by atoms with E-state index in [0.29, 0.717) is 11.7 Å². The van der Waals surface area contributed by atoms with E-state index in [9.17, 15) is 4.79 Å². The largest absolute Gasteiger partial charge is 0.396 e. The van der Waals surface area contributed by atoms with Crippen LogP contribution in [0.5, 0.6) is 0 Å². The number of aliphatic hydroxyl groups is 1. The van der Waals surface area contributed by atoms with Crippen molar-refractivity contribution in [3.63, 3.8) is 0 Å². The molecule has 0 aromatic carbocycles. The molecular weight excluding hydrogens is 324 g/mol. The van der Waals surface area contributed by atoms with Crippen molar-refractivity contribution in [3.05, 3.63) is 12.3 Å². The van der Waals surface area contributed by atoms with Crippen molar-refractivity contribution in [2.24, 2.45) is 17.8 Å². The molecule has 1 saturated heterocycles. The van der Waals surface area contributed by atoms with Gasteiger partial charge in [0.15, 0.2) is 10.9 Å². The van der Waals surface area contributed by atoms with E-state index in [1.165, 1.54) is 12.8 Å². The van der Waals surface area contributed by atoms with Gasteiger partial charge in [0.2, 0.25) is 5.91 Å². The van der Waals surface area contributed by atoms with Crippen LogP contribution in [0.3, 0.4) is 0 Å². The number of hydrogen-bond donors (Lipinski definition) is 2. The molecule has 1 amide bonds. The van der Waals surface area contributed by atoms with Gasteiger partial charge in [-0.1, -0.05) is 18.3 Å². The molecule has 1 aliphatic heterocycles. The monoisotopic (exact) mass is 346 g/mol. The molecule has 0 bridgehead atoms. The molecule has 2 aliphatic rings. The highest BCUT2D eigenvalue weighted by Gasteiger charge is 2.42. The van der Waals surface area contributed by atoms with Crippen molar-refractivity contribution < 1.29 is 9.90 Å². The quantitative estimate of drug-likeness (QED) is 0.889. The number of piperidine rings is 1. The van der Waals surface area contributed by atoms with Crippen LogP contribution in [-0.4, -0.2) is 40.7 Å². The summed E-state index contributed by atoms with van der Waals surface area (Å²) in [6.07, 6.45) is 4.93. The maximum absolute atomic E-state index is 12.3. The number of carbonyl (C=O) groups is 1. The van der Waals surface area contributed by atoms with E-state index in [1.807, 2.05) is 6.07 Å². The smallest absolute Gasteiger partial charge is 0.229 e. The first kappa shape index (κ1) is 15.8. The van der Waals surface area contributed by atoms with Gasteiger partial charge in [0.05, 0.1) is 10.2 Å². The Morgan fingerprint density at radius 2 is 2.42 bits per heavy atom. The minimum atomic E-state index is -0.0811. The molecule has 2 aromatic rings. The molecule has 4 rings (SSSR count). The van der Waals surface area contributed by atoms with Crippen LogP contribution in [0.4, 0.5) is 10.9 Å². The number of pyridine rings is 1. The molecule has 6 nitrogen and oxygen atoms in total. The molecule has 1 aliphatic carbocycles. The number of hydrogen-bond acceptors (Lipinski definition) is 6. The van der Waals surface area contributed by atoms with Crippen LogP contribution in [0.15, 0.2) is 12.3 Å². The third kappa shape index (κ3) is 2.98. The summed E-state index contributed by atoms with van der Waals surface area (Å²) in [5, 5.41) is 13.1. The van der Waals surface area contributed by atoms with Crippen molar-refractivity contribution in [2.75, 3.05) is 29.9 Å². The molecule has 0 radical (unpaired) electrons. The Bertz CT molecular complexity index is 762. The molecule has 3 atom stereocenters. The molecule has 1 saturated carbocycles. The predicted molar refractivity (Wildman–Crippen MR) is 95.3 cm³/mol. The lowest BCUT2D eigenvalue weighted by atomic mass is 10.0. The number of nitrogens with zero attached hydrogens (tertiary/aromatic N) is 3. The minimum Gasteiger partial charge on any atom is -0.396 e. The summed E-state index contributed by atoms with van der Waals surface area (Å²) in [7, 11) is 0. The highest BCUT2D eigenvalue weighted by Crippen LogP contribution is 2.40. The maximum Gasteiger partial charge on any atom is 0.229 e. The van der Waals surface area contributed by atoms with E-state index < -0.39 is 0 Å². The maximum atomic E-state index is 12.3. The Morgan fingerprint density at radius 1 is 1.54 bits per heavy atom. The van der Waals surface area contributed by atoms with Crippen LogP contribution in [0, 0.1) is 17.8 Å². The van der Waals surface area contributed by atoms with E-state index in [-0.39, 0.29) is 24.3 Å². The number of fused-ring (bicyclic) bond motifs is 1. The summed E-state index contributed by atoms with van der Waals surface area (Å²) in [6.45, 7) is 4.43. The SMILES string of the molecule is C[C@@H]1CCCN(c2nc3ccnc(NC(=O)[C@H]4C[C@@H]4CO)c3s2)C1. The van der Waals surface area contributed by atoms with Crippen molar-refractivity contribution in [3.8, 4) is 0 Å². The van der Waals surface area contributed by atoms with Gasteiger partial charge >= 0.3 is 0 Å². The highest BCUT2D eigenvalue weighted by atomic mass is 32.1. The minimum absolute atomic E-state index is 0.0457. The standard InChI is InChI=1S/C17H22N4O2S/c1-10-3-2-6-21(8-10)17-19-13-4-5-18-15(14(13)24-17)20-16(23)12-7-11(12)9-22/h4-5,10-12,22H,2-3,6-9H2,1H3,(H,18,20,23)/t10-,11-,12+/m1/s1. The molecule has 3 heterocycles. The van der Waals surface area contributed by atoms with Crippen molar-refractivity contribution >= 4 is 38.4 Å². The van der Waals surface area contributed by atoms with Gasteiger partial charge in [-0.05, 0) is 37.2 Å². The lowest BCUT2D eigenvalue weighted by Gasteiger charge is -2.30. The van der Waals surface area contributed by atoms with Gasteiger partial charge in [-0.2, -0.15) is 0 Å². The Kier molecular flexibility index (Phi) is 4.14. The molecule has 0 unspecified atom stereocenters. The molecule has 2 aromatic heterocycles. The fourth-order valence-corrected chi connectivity index (χ4v) is 4.45. The van der Waals surface area contributed by atoms with E-state index in [0.717, 1.165) is 34.9 Å². The zero-order valence-electron chi connectivity index (χ0n) is 13.7. The van der Waals surface area contributed by atoms with Crippen molar-refractivity contribution in [1.29, 1.82) is 0 Å². The number of aromatic nitrogens is 2. The zero-order valence-corrected chi connectivity index (χ0v) is 14.6. The molecule has 2 fully saturated rings. The van der Waals surface area contributed by atoms with Crippen LogP contribution in [0.2, 0.25) is 0 Å². The summed E-state index contributed by atoms with van der Waals surface area (Å²) in [5.41, 5.74) is 0.882. The average molecular weight is 346 g/mol. The molecule has 24 heavy (non-hydrogen) atoms. The van der Waals surface area contributed by atoms with Crippen LogP contribution in [0.25, 0.3) is 10.2 Å². The number of amides is 1. The normalized spacial score (nSPS) is 26.6. The summed E-state index contributed by atoms with van der Waals surface area (Å²) < 4.78 is 0.931. The third-order valence-electron chi connectivity index (χ3n) is 4.96. The number of anilines is 2. The van der Waals surface area contributed by atoms with E-state index in [2.05, 4.69) is 22.1 Å². The Hall–Kier alpha value is -1.73. The van der Waals surface area contributed by atoms with Gasteiger partial charge in [0.25, 0.3) is 0 Å². The van der Waals surface area contributed by atoms with E-state index >= 15 is 0 Å². The fourth-order valence-electron chi connectivity index (χ4n) is 3.41. The summed E-state index contributed by atoms with van der Waals surface area (Å²) in [4.78, 5) is 23.7. The topological polar surface area (TPSA) is 78.4 Å². The predicted octanol–water partition coefficient (Wildman–Crippen LogP) is 2.49. The number of carbonyl (C=O) groups excluding carboxylic acids is 1. The highest BCUT2D eigenvalue weighted by molar-refractivity contribution is 7.22. The summed E-state index contributed by atoms with van der Waals surface area (Å²) in [6, 6.07) is 1.89. The number of nitrogens with one attached hydrogen (secondary N) is 1. The van der Waals surface area contributed by atoms with Gasteiger partial charge in [0, 0.05) is 31.8 Å². The first-order valence-electron chi connectivity index (χ1n) is 8.58. The first-order valence-corrected chi connectivity index (χ1v) is 9.39. The average Bonchev–Trinajstić information content (AvgIpc) is 3.25. The van der Waals surface area contributed by atoms with Crippen molar-refractivity contribution in [2.45, 2.75) is 26.2 Å². The molecule has 7 heteroatoms. The van der Waals surface area contributed by atoms with Gasteiger partial charge in [0.1, 0.15) is 0 Å². The van der Waals surface area contributed by atoms with Gasteiger partial charge < -0.3 is 15.3 Å². The number of thiazole rings is 1. The van der Waals surface area contributed by atoms with Gasteiger partial charge in [-0.15, -0.1) is 0 Å². The zero-order chi connectivity index (χ0) is 16.7. The van der Waals surface area contributed by atoms with Crippen LogP contribution >= 0.6 is 11.3 Å². The second-order valence-electron chi connectivity index (χ2n) is 6.97. The fraction of sp³-hybridized carbons (Fsp3) is 0.588. The Labute approximate surface area is 144 Å². The van der Waals surface area contributed by atoms with Crippen LogP contribution < -0.4 is 10.2 Å². The summed E-state index contributed by atoms with van der Waals surface area (Å²) in [5.74, 6) is 1.26. The molecule has 2 N–H and O–H groups in total. The molecule has 128 valence electrons. The molecular formula is C17H22N4O2S. The van der Waals surface area contributed by atoms with E-state index in [4.69, 9.17) is 10.1 Å². The van der Waals surface area contributed by atoms with E-state index in [1.54, 1.807) is 17.5 Å². The van der Waals surface area contributed by atoms with Gasteiger partial charge in [-0.3, -0.25) is 4.79 Å². The third-order valence-corrected chi connectivity index (χ3v) is 6.09. The Balaban J connectivity index is 1.57. The second kappa shape index (κ2) is 6.29. The van der Waals surface area contributed by atoms with Gasteiger partial charge in [-0.25, -0.2) is 9.97 Å². The van der Waals surface area contributed by atoms with Crippen molar-refractivity contribution in [1.82, 2.24) is 9.97 Å². The number of aliphatic hydroxyl groups excluding tert-OH is 1. The summed E-state index contributed by atoms with van der Waals surface area (Å²) >= 11 is 1.60. The second-order valence-corrected chi connectivity index (χ2v) is 7.95. The first-order chi connectivity index (χ1) is 11.7. The lowest BCUT2D eigenvalue weighted by Crippen LogP contribution is -2.34. The Morgan fingerprint density at radius 3 is 3.17 bits per heavy atom. The molecule has 0 spiro atoms. The van der Waals surface area contributed by atoms with Crippen LogP contribution in [-0.2, 0) is 4.79 Å². The van der Waals surface area contributed by atoms with Crippen LogP contribution in [0.1, 0.15) is 26.2 Å².